The molecule has 4 heteroatoms. The highest BCUT2D eigenvalue weighted by Crippen LogP contribution is 2.36. The molecule has 4 nitrogen and oxygen atoms in total. The van der Waals surface area contributed by atoms with Crippen LogP contribution in [0, 0.1) is 0 Å². The number of rotatable bonds is 4. The maximum atomic E-state index is 11.2. The van der Waals surface area contributed by atoms with Gasteiger partial charge in [-0.05, 0) is 35.0 Å². The third-order valence-corrected chi connectivity index (χ3v) is 5.04. The van der Waals surface area contributed by atoms with Crippen molar-refractivity contribution in [1.29, 1.82) is 0 Å². The van der Waals surface area contributed by atoms with Crippen LogP contribution in [0.3, 0.4) is 0 Å². The average Bonchev–Trinajstić information content (AvgIpc) is 3.25. The molecule has 0 aliphatic heterocycles. The number of carboxylic acids is 1. The van der Waals surface area contributed by atoms with Crippen molar-refractivity contribution in [1.82, 2.24) is 4.98 Å². The zero-order chi connectivity index (χ0) is 20.5. The summed E-state index contributed by atoms with van der Waals surface area (Å²) in [4.78, 5) is 16.0. The van der Waals surface area contributed by atoms with Crippen molar-refractivity contribution in [3.63, 3.8) is 0 Å². The van der Waals surface area contributed by atoms with E-state index in [1.54, 1.807) is 18.2 Å². The number of hydrogen-bond donors (Lipinski definition) is 1. The first kappa shape index (κ1) is 17.9. The van der Waals surface area contributed by atoms with Gasteiger partial charge in [0.2, 0.25) is 5.89 Å². The Morgan fingerprint density at radius 2 is 1.33 bits per heavy atom. The first-order valence-corrected chi connectivity index (χ1v) is 9.58. The van der Waals surface area contributed by atoms with Crippen LogP contribution in [0.1, 0.15) is 10.4 Å². The molecule has 30 heavy (non-hydrogen) atoms. The van der Waals surface area contributed by atoms with E-state index in [1.807, 2.05) is 78.9 Å². The van der Waals surface area contributed by atoms with Crippen LogP contribution < -0.4 is 0 Å². The van der Waals surface area contributed by atoms with Crippen LogP contribution in [0.2, 0.25) is 0 Å². The van der Waals surface area contributed by atoms with Gasteiger partial charge in [-0.3, -0.25) is 0 Å². The summed E-state index contributed by atoms with van der Waals surface area (Å²) in [6, 6.07) is 30.7. The number of hydrogen-bond acceptors (Lipinski definition) is 3. The number of carboxylic acid groups (broad SMARTS) is 1. The van der Waals surface area contributed by atoms with E-state index >= 15 is 0 Å². The maximum Gasteiger partial charge on any atom is 0.335 e. The Bertz CT molecular complexity index is 1300. The molecule has 144 valence electrons. The first-order valence-electron chi connectivity index (χ1n) is 9.58. The summed E-state index contributed by atoms with van der Waals surface area (Å²) in [5.74, 6) is 0.309. The van der Waals surface area contributed by atoms with E-state index in [1.165, 1.54) is 0 Å². The summed E-state index contributed by atoms with van der Waals surface area (Å²) in [5.41, 5.74) is 3.84. The third-order valence-electron chi connectivity index (χ3n) is 5.04. The van der Waals surface area contributed by atoms with Crippen LogP contribution in [-0.2, 0) is 0 Å². The lowest BCUT2D eigenvalue weighted by Crippen LogP contribution is -1.95. The van der Waals surface area contributed by atoms with E-state index in [0.29, 0.717) is 5.89 Å². The summed E-state index contributed by atoms with van der Waals surface area (Å²) in [6.45, 7) is 0. The SMILES string of the molecule is O=C(O)c1ccc2cc(-c3nc(-c4ccccc4)c(-c4ccccc4)o3)ccc2c1. The summed E-state index contributed by atoms with van der Waals surface area (Å²) in [6.07, 6.45) is 0. The van der Waals surface area contributed by atoms with E-state index in [9.17, 15) is 9.90 Å². The van der Waals surface area contributed by atoms with Gasteiger partial charge in [-0.25, -0.2) is 9.78 Å². The minimum Gasteiger partial charge on any atom is -0.478 e. The number of aromatic carboxylic acids is 1. The molecule has 0 unspecified atom stereocenters. The highest BCUT2D eigenvalue weighted by molar-refractivity contribution is 5.95. The molecular formula is C26H17NO3. The van der Waals surface area contributed by atoms with Gasteiger partial charge in [-0.2, -0.15) is 0 Å². The highest BCUT2D eigenvalue weighted by atomic mass is 16.4. The number of benzene rings is 4. The highest BCUT2D eigenvalue weighted by Gasteiger charge is 2.18. The lowest BCUT2D eigenvalue weighted by Gasteiger charge is -2.02. The molecule has 1 aromatic heterocycles. The Labute approximate surface area is 173 Å². The van der Waals surface area contributed by atoms with Gasteiger partial charge in [-0.1, -0.05) is 72.8 Å². The second-order valence-corrected chi connectivity index (χ2v) is 7.01. The molecule has 0 fully saturated rings. The zero-order valence-electron chi connectivity index (χ0n) is 15.9. The molecule has 0 aliphatic carbocycles. The summed E-state index contributed by atoms with van der Waals surface area (Å²) in [5, 5.41) is 11.0. The lowest BCUT2D eigenvalue weighted by atomic mass is 10.0. The van der Waals surface area contributed by atoms with Crippen molar-refractivity contribution in [2.75, 3.05) is 0 Å². The van der Waals surface area contributed by atoms with Gasteiger partial charge in [0, 0.05) is 16.7 Å². The Morgan fingerprint density at radius 1 is 0.700 bits per heavy atom. The van der Waals surface area contributed by atoms with E-state index in [2.05, 4.69) is 0 Å². The number of aromatic nitrogens is 1. The van der Waals surface area contributed by atoms with Crippen LogP contribution in [0.4, 0.5) is 0 Å². The topological polar surface area (TPSA) is 63.3 Å². The molecule has 5 aromatic rings. The van der Waals surface area contributed by atoms with E-state index in [4.69, 9.17) is 9.40 Å². The zero-order valence-corrected chi connectivity index (χ0v) is 15.9. The molecular weight excluding hydrogens is 374 g/mol. The Morgan fingerprint density at radius 3 is 2.03 bits per heavy atom. The van der Waals surface area contributed by atoms with Crippen LogP contribution in [-0.4, -0.2) is 16.1 Å². The summed E-state index contributed by atoms with van der Waals surface area (Å²) in [7, 11) is 0. The third kappa shape index (κ3) is 3.25. The van der Waals surface area contributed by atoms with Crippen molar-refractivity contribution in [2.45, 2.75) is 0 Å². The number of fused-ring (bicyclic) bond motifs is 1. The second kappa shape index (κ2) is 7.33. The molecule has 1 heterocycles. The predicted molar refractivity (Wildman–Crippen MR) is 117 cm³/mol. The van der Waals surface area contributed by atoms with Crippen LogP contribution in [0.25, 0.3) is 44.8 Å². The first-order chi connectivity index (χ1) is 14.7. The van der Waals surface area contributed by atoms with E-state index in [-0.39, 0.29) is 5.56 Å². The number of oxazole rings is 1. The minimum absolute atomic E-state index is 0.268. The quantitative estimate of drug-likeness (QED) is 0.378. The van der Waals surface area contributed by atoms with Gasteiger partial charge in [0.1, 0.15) is 5.69 Å². The van der Waals surface area contributed by atoms with Gasteiger partial charge < -0.3 is 9.52 Å². The van der Waals surface area contributed by atoms with Gasteiger partial charge in [0.15, 0.2) is 5.76 Å². The van der Waals surface area contributed by atoms with E-state index < -0.39 is 5.97 Å². The van der Waals surface area contributed by atoms with Crippen molar-refractivity contribution in [3.8, 4) is 34.0 Å². The fourth-order valence-corrected chi connectivity index (χ4v) is 3.53. The minimum atomic E-state index is -0.936. The smallest absolute Gasteiger partial charge is 0.335 e. The Hall–Kier alpha value is -4.18. The maximum absolute atomic E-state index is 11.2. The number of carbonyl (C=O) groups is 1. The molecule has 0 spiro atoms. The molecule has 0 saturated carbocycles. The molecule has 0 radical (unpaired) electrons. The van der Waals surface area contributed by atoms with Crippen molar-refractivity contribution in [2.24, 2.45) is 0 Å². The fraction of sp³-hybridized carbons (Fsp3) is 0. The molecule has 4 aromatic carbocycles. The van der Waals surface area contributed by atoms with Crippen LogP contribution >= 0.6 is 0 Å². The predicted octanol–water partition coefficient (Wildman–Crippen LogP) is 6.53. The van der Waals surface area contributed by atoms with Gasteiger partial charge >= 0.3 is 5.97 Å². The van der Waals surface area contributed by atoms with Gasteiger partial charge in [0.25, 0.3) is 0 Å². The monoisotopic (exact) mass is 391 g/mol. The lowest BCUT2D eigenvalue weighted by molar-refractivity contribution is 0.0697. The van der Waals surface area contributed by atoms with Crippen LogP contribution in [0.15, 0.2) is 101 Å². The molecule has 0 amide bonds. The summed E-state index contributed by atoms with van der Waals surface area (Å²) >= 11 is 0. The fourth-order valence-electron chi connectivity index (χ4n) is 3.53. The standard InChI is InChI=1S/C26H17NO3/c28-26(29)22-14-12-19-15-21(13-11-20(19)16-22)25-27-23(17-7-3-1-4-8-17)24(30-25)18-9-5-2-6-10-18/h1-16H,(H,28,29). The van der Waals surface area contributed by atoms with Gasteiger partial charge in [0.05, 0.1) is 5.56 Å². The van der Waals surface area contributed by atoms with Gasteiger partial charge in [-0.15, -0.1) is 0 Å². The van der Waals surface area contributed by atoms with Crippen molar-refractivity contribution < 1.29 is 14.3 Å². The molecule has 0 saturated heterocycles. The Kier molecular flexibility index (Phi) is 4.37. The molecule has 0 aliphatic rings. The number of nitrogens with zero attached hydrogens (tertiary/aromatic N) is 1. The largest absolute Gasteiger partial charge is 0.478 e. The van der Waals surface area contributed by atoms with Crippen molar-refractivity contribution >= 4 is 16.7 Å². The second-order valence-electron chi connectivity index (χ2n) is 7.01. The molecule has 1 N–H and O–H groups in total. The molecule has 5 rings (SSSR count). The van der Waals surface area contributed by atoms with Crippen LogP contribution in [0.5, 0.6) is 0 Å². The normalized spacial score (nSPS) is 10.9. The Balaban J connectivity index is 1.65. The van der Waals surface area contributed by atoms with Crippen molar-refractivity contribution in [3.05, 3.63) is 103 Å². The molecule has 0 bridgehead atoms. The summed E-state index contributed by atoms with van der Waals surface area (Å²) < 4.78 is 6.25. The molecule has 0 atom stereocenters. The van der Waals surface area contributed by atoms with E-state index in [0.717, 1.165) is 38.9 Å². The average molecular weight is 391 g/mol.